The van der Waals surface area contributed by atoms with E-state index >= 15 is 0 Å². The van der Waals surface area contributed by atoms with Gasteiger partial charge in [-0.25, -0.2) is 0 Å². The summed E-state index contributed by atoms with van der Waals surface area (Å²) >= 11 is 0. The molecule has 7 rings (SSSR count). The summed E-state index contributed by atoms with van der Waals surface area (Å²) in [6, 6.07) is 19.3. The molecule has 0 atom stereocenters. The van der Waals surface area contributed by atoms with Gasteiger partial charge in [0.15, 0.2) is 0 Å². The van der Waals surface area contributed by atoms with Crippen LogP contribution in [0.1, 0.15) is 56.2 Å². The monoisotopic (exact) mass is 614 g/mol. The zero-order valence-electron chi connectivity index (χ0n) is 28.6. The van der Waals surface area contributed by atoms with E-state index in [9.17, 15) is 0 Å². The molecule has 0 unspecified atom stereocenters. The summed E-state index contributed by atoms with van der Waals surface area (Å²) < 4.78 is 0. The van der Waals surface area contributed by atoms with Crippen LogP contribution in [0, 0.1) is 6.92 Å². The highest BCUT2D eigenvalue weighted by atomic mass is 15.2. The van der Waals surface area contributed by atoms with Crippen LogP contribution in [0.15, 0.2) is 76.5 Å². The molecule has 4 aromatic rings. The molecule has 0 spiro atoms. The molecular weight excluding hydrogens is 582 g/mol. The predicted octanol–water partition coefficient (Wildman–Crippen LogP) is 1.09. The number of hydrogen-bond acceptors (Lipinski definition) is 2. The van der Waals surface area contributed by atoms with E-state index < -0.39 is 6.04 Å². The topological polar surface area (TPSA) is 6.48 Å². The second-order valence-electron chi connectivity index (χ2n) is 13.7. The Morgan fingerprint density at radius 3 is 1.82 bits per heavy atom. The van der Waals surface area contributed by atoms with Gasteiger partial charge in [0.2, 0.25) is 0 Å². The average Bonchev–Trinajstić information content (AvgIpc) is 3.29. The Morgan fingerprint density at radius 2 is 1.18 bits per heavy atom. The summed E-state index contributed by atoms with van der Waals surface area (Å²) in [5.41, 5.74) is 13.4. The van der Waals surface area contributed by atoms with Gasteiger partial charge in [-0.15, -0.1) is 38.3 Å². The summed E-state index contributed by atoms with van der Waals surface area (Å²) in [5, 5.41) is 0. The molecule has 11 heteroatoms. The zero-order chi connectivity index (χ0) is 34.9. The molecule has 2 aliphatic heterocycles. The molecule has 16 radical (unpaired) electrons. The summed E-state index contributed by atoms with van der Waals surface area (Å²) in [6.45, 7) is 6.20. The number of hydrogen-bond donors (Lipinski definition) is 0. The van der Waals surface area contributed by atoms with Gasteiger partial charge >= 0.3 is 0 Å². The average molecular weight is 613 g/mol. The third-order valence-corrected chi connectivity index (χ3v) is 10.5. The Hall–Kier alpha value is -3.46. The first-order chi connectivity index (χ1) is 23.5. The molecule has 0 saturated heterocycles. The fourth-order valence-electron chi connectivity index (χ4n) is 7.90. The molecule has 0 fully saturated rings. The summed E-state index contributed by atoms with van der Waals surface area (Å²) in [7, 11) is 53.5. The van der Waals surface area contributed by atoms with E-state index in [1.807, 2.05) is 4.90 Å². The number of fused-ring (bicyclic) bond motifs is 4. The van der Waals surface area contributed by atoms with Crippen molar-refractivity contribution in [2.75, 3.05) is 9.80 Å². The lowest BCUT2D eigenvalue weighted by atomic mass is 9.31. The van der Waals surface area contributed by atoms with E-state index in [4.69, 9.17) is 62.8 Å². The second-order valence-corrected chi connectivity index (χ2v) is 13.7. The van der Waals surface area contributed by atoms with Gasteiger partial charge in [0, 0.05) is 28.4 Å². The van der Waals surface area contributed by atoms with Crippen LogP contribution in [0.3, 0.4) is 0 Å². The van der Waals surface area contributed by atoms with Crippen LogP contribution in [0.25, 0.3) is 0 Å². The van der Waals surface area contributed by atoms with Gasteiger partial charge in [0.1, 0.15) is 62.8 Å². The van der Waals surface area contributed by atoms with Crippen LogP contribution in [-0.2, 0) is 12.8 Å². The number of anilines is 5. The Balaban J connectivity index is 1.58. The van der Waals surface area contributed by atoms with Crippen molar-refractivity contribution in [1.82, 2.24) is 0 Å². The Bertz CT molecular complexity index is 2050. The Labute approximate surface area is 303 Å². The van der Waals surface area contributed by atoms with Crippen molar-refractivity contribution in [3.63, 3.8) is 0 Å². The number of unbranched alkanes of at least 4 members (excludes halogenated alkanes) is 2. The lowest BCUT2D eigenvalue weighted by Gasteiger charge is -2.49. The minimum Gasteiger partial charge on any atom is -0.334 e. The molecule has 220 valence electrons. The van der Waals surface area contributed by atoms with E-state index in [1.54, 1.807) is 0 Å². The predicted molar refractivity (Wildman–Crippen MR) is 219 cm³/mol. The fraction of sp³-hybridized carbons (Fsp3) is 0.263. The molecule has 1 aliphatic carbocycles. The maximum absolute atomic E-state index is 7.03. The molecule has 2 nitrogen and oxygen atoms in total. The van der Waals surface area contributed by atoms with Crippen molar-refractivity contribution < 1.29 is 0 Å². The molecule has 0 amide bonds. The van der Waals surface area contributed by atoms with Gasteiger partial charge in [-0.05, 0) is 90.6 Å². The smallest absolute Gasteiger partial charge is 0.251 e. The van der Waals surface area contributed by atoms with Crippen molar-refractivity contribution in [1.29, 1.82) is 0 Å². The van der Waals surface area contributed by atoms with Gasteiger partial charge in [-0.3, -0.25) is 0 Å². The van der Waals surface area contributed by atoms with Crippen molar-refractivity contribution in [2.24, 2.45) is 0 Å². The SMILES string of the molecule is [B]C1=C([B])C(N2c3cc(C)cc4c3B(c3cc(CCCC)ccc3N4c3ccc(CCCC)cc3)c3c([B])c([B])c([B])c([B])c32)C([B])=C1[B]. The number of rotatable bonds is 8. The van der Waals surface area contributed by atoms with Crippen LogP contribution < -0.4 is 48.0 Å². The van der Waals surface area contributed by atoms with Gasteiger partial charge in [0.05, 0.1) is 6.04 Å². The van der Waals surface area contributed by atoms with E-state index in [0.717, 1.165) is 83.2 Å². The zero-order valence-corrected chi connectivity index (χ0v) is 28.6. The van der Waals surface area contributed by atoms with E-state index in [-0.39, 0.29) is 28.6 Å². The van der Waals surface area contributed by atoms with E-state index in [1.165, 1.54) is 11.1 Å². The van der Waals surface area contributed by atoms with Crippen LogP contribution in [0.4, 0.5) is 28.4 Å². The van der Waals surface area contributed by atoms with E-state index in [0.29, 0.717) is 27.6 Å². The van der Waals surface area contributed by atoms with Crippen LogP contribution >= 0.6 is 0 Å². The van der Waals surface area contributed by atoms with Gasteiger partial charge < -0.3 is 9.80 Å². The number of nitrogens with zero attached hydrogens (tertiary/aromatic N) is 2. The Morgan fingerprint density at radius 1 is 0.612 bits per heavy atom. The molecular formula is C38H31B9N2. The minimum absolute atomic E-state index is 0.208. The maximum atomic E-state index is 7.03. The van der Waals surface area contributed by atoms with Crippen molar-refractivity contribution in [2.45, 2.75) is 65.3 Å². The summed E-state index contributed by atoms with van der Waals surface area (Å²) in [4.78, 5) is 4.37. The molecule has 0 saturated carbocycles. The number of benzene rings is 4. The second kappa shape index (κ2) is 13.0. The van der Waals surface area contributed by atoms with Crippen molar-refractivity contribution in [3.05, 3.63) is 93.2 Å². The third kappa shape index (κ3) is 5.28. The first kappa shape index (κ1) is 34.0. The highest BCUT2D eigenvalue weighted by molar-refractivity contribution is 7.03. The lowest BCUT2D eigenvalue weighted by Crippen LogP contribution is -2.71. The standard InChI is InChI=1S/C38H31B9N2/c1-4-6-8-20-10-13-22(14-11-20)48-24-15-12-21(9-7-5-2)18-23(24)47-35-25(48)16-19(3)17-26(35)49(37-32(44)29(41)30(42)33(37)45)38-34(46)28(40)27(39)31(43)36(38)47/h10-18,37H,4-9H2,1-3H3. The summed E-state index contributed by atoms with van der Waals surface area (Å²) in [5.74, 6) is 0. The van der Waals surface area contributed by atoms with Crippen LogP contribution in [0.2, 0.25) is 0 Å². The Kier molecular flexibility index (Phi) is 9.04. The van der Waals surface area contributed by atoms with Gasteiger partial charge in [-0.2, -0.15) is 0 Å². The molecule has 2 heterocycles. The largest absolute Gasteiger partial charge is 0.334 e. The highest BCUT2D eigenvalue weighted by Crippen LogP contribution is 2.44. The fourth-order valence-corrected chi connectivity index (χ4v) is 7.90. The highest BCUT2D eigenvalue weighted by Gasteiger charge is 2.46. The molecule has 3 aliphatic rings. The third-order valence-electron chi connectivity index (χ3n) is 10.5. The van der Waals surface area contributed by atoms with E-state index in [2.05, 4.69) is 80.3 Å². The first-order valence-corrected chi connectivity index (χ1v) is 17.2. The molecule has 49 heavy (non-hydrogen) atoms. The first-order valence-electron chi connectivity index (χ1n) is 17.2. The van der Waals surface area contributed by atoms with Crippen LogP contribution in [0.5, 0.6) is 0 Å². The normalized spacial score (nSPS) is 15.2. The summed E-state index contributed by atoms with van der Waals surface area (Å²) in [6.07, 6.45) is 6.48. The van der Waals surface area contributed by atoms with Crippen molar-refractivity contribution in [3.8, 4) is 0 Å². The van der Waals surface area contributed by atoms with Crippen molar-refractivity contribution >= 4 is 136 Å². The van der Waals surface area contributed by atoms with Crippen LogP contribution in [-0.4, -0.2) is 75.5 Å². The molecule has 0 aromatic heterocycles. The molecule has 0 bridgehead atoms. The quantitative estimate of drug-likeness (QED) is 0.242. The van der Waals surface area contributed by atoms with Gasteiger partial charge in [0.25, 0.3) is 6.71 Å². The van der Waals surface area contributed by atoms with Gasteiger partial charge in [-0.1, -0.05) is 61.9 Å². The minimum atomic E-state index is -0.723. The number of aryl methyl sites for hydroxylation is 3. The molecule has 4 aromatic carbocycles. The lowest BCUT2D eigenvalue weighted by molar-refractivity contribution is 0.795. The number of allylic oxidation sites excluding steroid dienone is 2. The maximum Gasteiger partial charge on any atom is 0.251 e. The molecule has 0 N–H and O–H groups in total.